The topological polar surface area (TPSA) is 101 Å². The van der Waals surface area contributed by atoms with Crippen LogP contribution in [0.5, 0.6) is 0 Å². The van der Waals surface area contributed by atoms with Crippen LogP contribution in [0.25, 0.3) is 0 Å². The summed E-state index contributed by atoms with van der Waals surface area (Å²) in [4.78, 5) is 35.3. The first-order chi connectivity index (χ1) is 13.7. The van der Waals surface area contributed by atoms with E-state index in [1.54, 1.807) is 25.3 Å². The molecule has 0 spiro atoms. The third-order valence-corrected chi connectivity index (χ3v) is 5.39. The van der Waals surface area contributed by atoms with Gasteiger partial charge in [-0.2, -0.15) is 0 Å². The van der Waals surface area contributed by atoms with Crippen molar-refractivity contribution in [2.45, 2.75) is 31.7 Å². The number of aromatic nitrogens is 1. The Bertz CT molecular complexity index is 891. The molecule has 156 valence electrons. The Hall–Kier alpha value is -2.65. The number of ether oxygens (including phenoxy) is 2. The van der Waals surface area contributed by atoms with Gasteiger partial charge in [-0.3, -0.25) is 19.7 Å². The van der Waals surface area contributed by atoms with Crippen LogP contribution in [-0.4, -0.2) is 47.3 Å². The van der Waals surface area contributed by atoms with E-state index in [1.165, 1.54) is 23.9 Å². The lowest BCUT2D eigenvalue weighted by Crippen LogP contribution is -2.17. The van der Waals surface area contributed by atoms with Gasteiger partial charge in [0.25, 0.3) is 5.69 Å². The molecule has 1 heterocycles. The molecule has 0 amide bonds. The molecule has 0 aliphatic rings. The molecule has 29 heavy (non-hydrogen) atoms. The predicted octanol–water partition coefficient (Wildman–Crippen LogP) is 3.74. The highest BCUT2D eigenvalue weighted by Gasteiger charge is 2.20. The number of Topliss-reactive ketones (excluding diaryl/α,β-unsaturated/α-hetero) is 1. The lowest BCUT2D eigenvalue weighted by molar-refractivity contribution is -0.384. The van der Waals surface area contributed by atoms with Crippen LogP contribution in [0.2, 0.25) is 0 Å². The number of thioether (sulfide) groups is 1. The van der Waals surface area contributed by atoms with Gasteiger partial charge in [0.05, 0.1) is 23.3 Å². The maximum absolute atomic E-state index is 12.5. The minimum Gasteiger partial charge on any atom is -0.457 e. The van der Waals surface area contributed by atoms with Crippen LogP contribution in [0, 0.1) is 24.0 Å². The number of hydrogen-bond acceptors (Lipinski definition) is 7. The molecule has 9 heteroatoms. The molecule has 2 rings (SSSR count). The van der Waals surface area contributed by atoms with Crippen LogP contribution in [0.1, 0.15) is 34.7 Å². The number of hydrogen-bond donors (Lipinski definition) is 0. The van der Waals surface area contributed by atoms with E-state index in [9.17, 15) is 19.7 Å². The summed E-state index contributed by atoms with van der Waals surface area (Å²) in [6, 6.07) is 7.76. The molecular weight excluding hydrogens is 396 g/mol. The van der Waals surface area contributed by atoms with E-state index in [2.05, 4.69) is 0 Å². The summed E-state index contributed by atoms with van der Waals surface area (Å²) in [5.74, 6) is -0.777. The minimum atomic E-state index is -0.525. The molecule has 2 aromatic rings. The van der Waals surface area contributed by atoms with Crippen molar-refractivity contribution < 1.29 is 24.0 Å². The molecule has 1 aromatic heterocycles. The molecule has 0 aliphatic heterocycles. The van der Waals surface area contributed by atoms with Gasteiger partial charge in [0.2, 0.25) is 5.78 Å². The maximum atomic E-state index is 12.5. The van der Waals surface area contributed by atoms with Gasteiger partial charge in [0.1, 0.15) is 0 Å². The normalized spacial score (nSPS) is 11.9. The Kier molecular flexibility index (Phi) is 7.98. The lowest BCUT2D eigenvalue weighted by atomic mass is 10.1. The van der Waals surface area contributed by atoms with Gasteiger partial charge in [0, 0.05) is 41.1 Å². The van der Waals surface area contributed by atoms with Crippen molar-refractivity contribution >= 4 is 29.2 Å². The monoisotopic (exact) mass is 420 g/mol. The zero-order valence-corrected chi connectivity index (χ0v) is 17.7. The molecule has 1 aromatic carbocycles. The second-order valence-corrected chi connectivity index (χ2v) is 7.63. The number of methoxy groups -OCH3 is 1. The summed E-state index contributed by atoms with van der Waals surface area (Å²) in [5, 5.41) is 10.6. The summed E-state index contributed by atoms with van der Waals surface area (Å²) >= 11 is 1.19. The van der Waals surface area contributed by atoms with Crippen molar-refractivity contribution in [1.29, 1.82) is 0 Å². The van der Waals surface area contributed by atoms with Crippen LogP contribution in [0.15, 0.2) is 35.2 Å². The fraction of sp³-hybridized carbons (Fsp3) is 0.400. The summed E-state index contributed by atoms with van der Waals surface area (Å²) in [5.41, 5.74) is 2.27. The highest BCUT2D eigenvalue weighted by Crippen LogP contribution is 2.23. The number of benzene rings is 1. The van der Waals surface area contributed by atoms with E-state index in [0.29, 0.717) is 17.1 Å². The average molecular weight is 420 g/mol. The molecule has 0 saturated carbocycles. The average Bonchev–Trinajstić information content (AvgIpc) is 2.99. The maximum Gasteiger partial charge on any atom is 0.316 e. The smallest absolute Gasteiger partial charge is 0.316 e. The number of ketones is 1. The summed E-state index contributed by atoms with van der Waals surface area (Å²) in [6.07, 6.45) is 0. The Labute approximate surface area is 173 Å². The molecule has 0 fully saturated rings. The number of carbonyl (C=O) groups is 2. The number of nitrogens with zero attached hydrogens (tertiary/aromatic N) is 2. The van der Waals surface area contributed by atoms with Gasteiger partial charge < -0.3 is 14.0 Å². The highest BCUT2D eigenvalue weighted by atomic mass is 32.2. The van der Waals surface area contributed by atoms with Crippen molar-refractivity contribution in [2.24, 2.45) is 0 Å². The Morgan fingerprint density at radius 2 is 1.90 bits per heavy atom. The predicted molar refractivity (Wildman–Crippen MR) is 110 cm³/mol. The van der Waals surface area contributed by atoms with Crippen LogP contribution in [-0.2, 0) is 14.3 Å². The second-order valence-electron chi connectivity index (χ2n) is 6.58. The molecule has 0 bridgehead atoms. The molecule has 8 nitrogen and oxygen atoms in total. The third kappa shape index (κ3) is 5.91. The third-order valence-electron chi connectivity index (χ3n) is 4.40. The number of nitro groups is 1. The summed E-state index contributed by atoms with van der Waals surface area (Å²) < 4.78 is 12.3. The Morgan fingerprint density at radius 1 is 1.24 bits per heavy atom. The van der Waals surface area contributed by atoms with E-state index >= 15 is 0 Å². The number of non-ortho nitro benzene ring substituents is 1. The Balaban J connectivity index is 1.89. The van der Waals surface area contributed by atoms with E-state index in [-0.39, 0.29) is 29.9 Å². The SMILES string of the molecule is COC[C@H](C)n1c(C)cc(C(=O)COC(=O)CSc2ccc([N+](=O)[O-])cc2)c1C. The minimum absolute atomic E-state index is 0.00891. The van der Waals surface area contributed by atoms with Crippen LogP contribution >= 0.6 is 11.8 Å². The van der Waals surface area contributed by atoms with Crippen molar-refractivity contribution in [3.05, 3.63) is 57.4 Å². The number of rotatable bonds is 10. The van der Waals surface area contributed by atoms with E-state index in [4.69, 9.17) is 9.47 Å². The fourth-order valence-corrected chi connectivity index (χ4v) is 3.82. The van der Waals surface area contributed by atoms with Crippen molar-refractivity contribution in [1.82, 2.24) is 4.57 Å². The number of carbonyl (C=O) groups excluding carboxylic acids is 2. The van der Waals surface area contributed by atoms with Gasteiger partial charge in [-0.1, -0.05) is 0 Å². The van der Waals surface area contributed by atoms with Crippen molar-refractivity contribution in [2.75, 3.05) is 26.1 Å². The van der Waals surface area contributed by atoms with Crippen molar-refractivity contribution in [3.63, 3.8) is 0 Å². The molecule has 1 atom stereocenters. The molecular formula is C20H24N2O6S. The number of aryl methyl sites for hydroxylation is 1. The van der Waals surface area contributed by atoms with Gasteiger partial charge in [0.15, 0.2) is 6.61 Å². The van der Waals surface area contributed by atoms with Gasteiger partial charge in [-0.05, 0) is 39.0 Å². The van der Waals surface area contributed by atoms with Gasteiger partial charge >= 0.3 is 5.97 Å². The summed E-state index contributed by atoms with van der Waals surface area (Å²) in [7, 11) is 1.63. The van der Waals surface area contributed by atoms with Crippen LogP contribution < -0.4 is 0 Å². The highest BCUT2D eigenvalue weighted by molar-refractivity contribution is 8.00. The quantitative estimate of drug-likeness (QED) is 0.190. The molecule has 0 saturated heterocycles. The van der Waals surface area contributed by atoms with Gasteiger partial charge in [-0.15, -0.1) is 11.8 Å². The first kappa shape index (κ1) is 22.6. The lowest BCUT2D eigenvalue weighted by Gasteiger charge is -2.17. The largest absolute Gasteiger partial charge is 0.457 e. The first-order valence-corrected chi connectivity index (χ1v) is 9.96. The zero-order valence-electron chi connectivity index (χ0n) is 16.8. The number of nitro benzene ring substituents is 1. The van der Waals surface area contributed by atoms with Crippen LogP contribution in [0.4, 0.5) is 5.69 Å². The van der Waals surface area contributed by atoms with Crippen molar-refractivity contribution in [3.8, 4) is 0 Å². The standard InChI is InChI=1S/C20H24N2O6S/c1-13-9-18(15(3)21(13)14(2)10-27-4)19(23)11-28-20(24)12-29-17-7-5-16(6-8-17)22(25)26/h5-9,14H,10-12H2,1-4H3/t14-/m0/s1. The van der Waals surface area contributed by atoms with E-state index in [1.807, 2.05) is 25.3 Å². The fourth-order valence-electron chi connectivity index (χ4n) is 3.13. The molecule has 0 aliphatic carbocycles. The van der Waals surface area contributed by atoms with Gasteiger partial charge in [-0.25, -0.2) is 0 Å². The zero-order chi connectivity index (χ0) is 21.6. The molecule has 0 N–H and O–H groups in total. The molecule has 0 unspecified atom stereocenters. The van der Waals surface area contributed by atoms with E-state index in [0.717, 1.165) is 11.4 Å². The molecule has 0 radical (unpaired) electrons. The summed E-state index contributed by atoms with van der Waals surface area (Å²) in [6.45, 7) is 5.98. The Morgan fingerprint density at radius 3 is 2.48 bits per heavy atom. The first-order valence-electron chi connectivity index (χ1n) is 8.98. The van der Waals surface area contributed by atoms with E-state index < -0.39 is 10.9 Å². The second kappa shape index (κ2) is 10.2. The van der Waals surface area contributed by atoms with Crippen LogP contribution in [0.3, 0.4) is 0 Å². The number of esters is 1.